The molecule has 1 unspecified atom stereocenters. The van der Waals surface area contributed by atoms with Gasteiger partial charge < -0.3 is 14.3 Å². The number of hydrogen-bond donors (Lipinski definition) is 1. The molecular formula is C15H19N3O3. The monoisotopic (exact) mass is 289 g/mol. The Morgan fingerprint density at radius 2 is 2.19 bits per heavy atom. The summed E-state index contributed by atoms with van der Waals surface area (Å²) in [6.45, 7) is 6.45. The molecule has 0 aliphatic rings. The second-order valence-corrected chi connectivity index (χ2v) is 5.29. The molecule has 0 saturated carbocycles. The van der Waals surface area contributed by atoms with Gasteiger partial charge in [-0.3, -0.25) is 9.59 Å². The molecule has 2 heterocycles. The average molecular weight is 289 g/mol. The fourth-order valence-electron chi connectivity index (χ4n) is 1.94. The molecule has 2 aromatic rings. The predicted octanol–water partition coefficient (Wildman–Crippen LogP) is 2.05. The van der Waals surface area contributed by atoms with E-state index in [1.54, 1.807) is 17.2 Å². The molecule has 1 atom stereocenters. The Labute approximate surface area is 122 Å². The van der Waals surface area contributed by atoms with Crippen LogP contribution >= 0.6 is 0 Å². The van der Waals surface area contributed by atoms with Gasteiger partial charge in [-0.1, -0.05) is 13.8 Å². The first kappa shape index (κ1) is 15.0. The van der Waals surface area contributed by atoms with Crippen molar-refractivity contribution in [1.29, 1.82) is 0 Å². The van der Waals surface area contributed by atoms with E-state index in [1.807, 2.05) is 26.8 Å². The second kappa shape index (κ2) is 6.39. The lowest BCUT2D eigenvalue weighted by Gasteiger charge is -2.30. The summed E-state index contributed by atoms with van der Waals surface area (Å²) >= 11 is 0. The van der Waals surface area contributed by atoms with Crippen LogP contribution in [0.15, 0.2) is 40.0 Å². The lowest BCUT2D eigenvalue weighted by molar-refractivity contribution is 0.0604. The highest BCUT2D eigenvalue weighted by Crippen LogP contribution is 2.17. The Bertz CT molecular complexity index is 626. The van der Waals surface area contributed by atoms with E-state index in [9.17, 15) is 9.59 Å². The largest absolute Gasteiger partial charge is 0.467 e. The van der Waals surface area contributed by atoms with Crippen LogP contribution in [-0.4, -0.2) is 26.8 Å². The molecule has 0 radical (unpaired) electrons. The fraction of sp³-hybridized carbons (Fsp3) is 0.400. The zero-order valence-electron chi connectivity index (χ0n) is 12.4. The number of carbonyl (C=O) groups excluding carboxylic acids is 1. The number of nitrogens with zero attached hydrogens (tertiary/aromatic N) is 2. The van der Waals surface area contributed by atoms with Crippen LogP contribution in [0.1, 0.15) is 37.0 Å². The van der Waals surface area contributed by atoms with Gasteiger partial charge in [0.1, 0.15) is 11.5 Å². The van der Waals surface area contributed by atoms with E-state index in [0.29, 0.717) is 12.3 Å². The number of furan rings is 1. The van der Waals surface area contributed by atoms with Gasteiger partial charge >= 0.3 is 0 Å². The van der Waals surface area contributed by atoms with Crippen LogP contribution in [-0.2, 0) is 6.54 Å². The van der Waals surface area contributed by atoms with Gasteiger partial charge in [-0.2, -0.15) is 0 Å². The summed E-state index contributed by atoms with van der Waals surface area (Å²) in [7, 11) is 0. The molecule has 6 heteroatoms. The average Bonchev–Trinajstić information content (AvgIpc) is 2.97. The Hall–Kier alpha value is -2.37. The first-order valence-electron chi connectivity index (χ1n) is 6.87. The number of carbonyl (C=O) groups is 1. The van der Waals surface area contributed by atoms with E-state index in [4.69, 9.17) is 4.42 Å². The summed E-state index contributed by atoms with van der Waals surface area (Å²) in [4.78, 5) is 31.8. The van der Waals surface area contributed by atoms with Gasteiger partial charge in [-0.15, -0.1) is 0 Å². The standard InChI is InChI=1S/C15H19N3O3/c1-10(2)11(3)18(9-12-5-4-6-21-12)15(20)13-7-17-14(19)8-16-13/h4-8,10-11H,9H2,1-3H3,(H,17,19). The number of rotatable bonds is 5. The molecule has 0 aliphatic carbocycles. The summed E-state index contributed by atoms with van der Waals surface area (Å²) in [5.41, 5.74) is -0.116. The Balaban J connectivity index is 2.27. The zero-order chi connectivity index (χ0) is 15.4. The molecule has 6 nitrogen and oxygen atoms in total. The highest BCUT2D eigenvalue weighted by atomic mass is 16.3. The molecule has 2 aromatic heterocycles. The van der Waals surface area contributed by atoms with Gasteiger partial charge in [-0.05, 0) is 25.0 Å². The van der Waals surface area contributed by atoms with Crippen LogP contribution in [0.25, 0.3) is 0 Å². The van der Waals surface area contributed by atoms with Crippen molar-refractivity contribution < 1.29 is 9.21 Å². The number of hydrogen-bond acceptors (Lipinski definition) is 4. The Kier molecular flexibility index (Phi) is 4.57. The van der Waals surface area contributed by atoms with Gasteiger partial charge in [-0.25, -0.2) is 4.98 Å². The number of aromatic nitrogens is 2. The molecule has 0 spiro atoms. The molecule has 0 aliphatic heterocycles. The maximum Gasteiger partial charge on any atom is 0.274 e. The van der Waals surface area contributed by atoms with Crippen molar-refractivity contribution in [3.8, 4) is 0 Å². The molecule has 112 valence electrons. The molecular weight excluding hydrogens is 270 g/mol. The summed E-state index contributed by atoms with van der Waals surface area (Å²) in [6.07, 6.45) is 4.03. The Morgan fingerprint density at radius 1 is 1.43 bits per heavy atom. The van der Waals surface area contributed by atoms with E-state index < -0.39 is 0 Å². The van der Waals surface area contributed by atoms with Crippen molar-refractivity contribution in [1.82, 2.24) is 14.9 Å². The first-order chi connectivity index (χ1) is 9.99. The van der Waals surface area contributed by atoms with Crippen molar-refractivity contribution in [2.24, 2.45) is 5.92 Å². The molecule has 0 fully saturated rings. The van der Waals surface area contributed by atoms with Crippen molar-refractivity contribution in [2.45, 2.75) is 33.4 Å². The van der Waals surface area contributed by atoms with Crippen LogP contribution in [0.2, 0.25) is 0 Å². The SMILES string of the molecule is CC(C)C(C)N(Cc1ccco1)C(=O)c1c[nH]c(=O)cn1. The van der Waals surface area contributed by atoms with E-state index >= 15 is 0 Å². The number of nitrogens with one attached hydrogen (secondary N) is 1. The third kappa shape index (κ3) is 3.59. The molecule has 1 amide bonds. The smallest absolute Gasteiger partial charge is 0.274 e. The number of amides is 1. The molecule has 1 N–H and O–H groups in total. The number of aromatic amines is 1. The predicted molar refractivity (Wildman–Crippen MR) is 77.7 cm³/mol. The van der Waals surface area contributed by atoms with Crippen molar-refractivity contribution in [3.05, 3.63) is 52.6 Å². The minimum atomic E-state index is -0.332. The normalized spacial score (nSPS) is 12.4. The van der Waals surface area contributed by atoms with Crippen LogP contribution in [0.4, 0.5) is 0 Å². The maximum atomic E-state index is 12.6. The van der Waals surface area contributed by atoms with E-state index in [2.05, 4.69) is 9.97 Å². The third-order valence-electron chi connectivity index (χ3n) is 3.51. The highest BCUT2D eigenvalue weighted by Gasteiger charge is 2.25. The van der Waals surface area contributed by atoms with Crippen molar-refractivity contribution >= 4 is 5.91 Å². The van der Waals surface area contributed by atoms with Gasteiger partial charge in [0.05, 0.1) is 19.0 Å². The molecule has 2 rings (SSSR count). The zero-order valence-corrected chi connectivity index (χ0v) is 12.4. The Morgan fingerprint density at radius 3 is 2.71 bits per heavy atom. The third-order valence-corrected chi connectivity index (χ3v) is 3.51. The van der Waals surface area contributed by atoms with E-state index in [1.165, 1.54) is 6.20 Å². The van der Waals surface area contributed by atoms with Crippen LogP contribution in [0.5, 0.6) is 0 Å². The van der Waals surface area contributed by atoms with Crippen molar-refractivity contribution in [3.63, 3.8) is 0 Å². The van der Waals surface area contributed by atoms with Crippen LogP contribution in [0, 0.1) is 5.92 Å². The van der Waals surface area contributed by atoms with Crippen molar-refractivity contribution in [2.75, 3.05) is 0 Å². The second-order valence-electron chi connectivity index (χ2n) is 5.29. The maximum absolute atomic E-state index is 12.6. The fourth-order valence-corrected chi connectivity index (χ4v) is 1.94. The minimum absolute atomic E-state index is 0.0105. The molecule has 21 heavy (non-hydrogen) atoms. The summed E-state index contributed by atoms with van der Waals surface area (Å²) in [5, 5.41) is 0. The van der Waals surface area contributed by atoms with Crippen LogP contribution < -0.4 is 5.56 Å². The lowest BCUT2D eigenvalue weighted by Crippen LogP contribution is -2.41. The highest BCUT2D eigenvalue weighted by molar-refractivity contribution is 5.92. The summed E-state index contributed by atoms with van der Waals surface area (Å²) in [6, 6.07) is 3.63. The van der Waals surface area contributed by atoms with Gasteiger partial charge in [0.25, 0.3) is 11.5 Å². The quantitative estimate of drug-likeness (QED) is 0.913. The number of H-pyrrole nitrogens is 1. The summed E-state index contributed by atoms with van der Waals surface area (Å²) in [5.74, 6) is 0.760. The van der Waals surface area contributed by atoms with Gasteiger partial charge in [0, 0.05) is 12.2 Å². The van der Waals surface area contributed by atoms with E-state index in [-0.39, 0.29) is 29.1 Å². The first-order valence-corrected chi connectivity index (χ1v) is 6.87. The van der Waals surface area contributed by atoms with Gasteiger partial charge in [0.2, 0.25) is 0 Å². The minimum Gasteiger partial charge on any atom is -0.467 e. The summed E-state index contributed by atoms with van der Waals surface area (Å²) < 4.78 is 5.33. The van der Waals surface area contributed by atoms with Gasteiger partial charge in [0.15, 0.2) is 0 Å². The lowest BCUT2D eigenvalue weighted by atomic mass is 10.0. The van der Waals surface area contributed by atoms with E-state index in [0.717, 1.165) is 6.20 Å². The molecule has 0 aromatic carbocycles. The van der Waals surface area contributed by atoms with Crippen LogP contribution in [0.3, 0.4) is 0 Å². The molecule has 0 saturated heterocycles. The topological polar surface area (TPSA) is 79.2 Å². The molecule has 0 bridgehead atoms.